The highest BCUT2D eigenvalue weighted by Crippen LogP contribution is 2.40. The predicted molar refractivity (Wildman–Crippen MR) is 122 cm³/mol. The van der Waals surface area contributed by atoms with Gasteiger partial charge in [0.15, 0.2) is 0 Å². The first kappa shape index (κ1) is 25.0. The van der Waals surface area contributed by atoms with E-state index < -0.39 is 23.5 Å². The molecule has 1 heterocycles. The number of fused-ring (bicyclic) bond motifs is 1. The van der Waals surface area contributed by atoms with Crippen molar-refractivity contribution in [2.75, 3.05) is 11.9 Å². The molecular weight excluding hydrogens is 464 g/mol. The van der Waals surface area contributed by atoms with E-state index in [2.05, 4.69) is 5.32 Å². The van der Waals surface area contributed by atoms with Crippen molar-refractivity contribution >= 4 is 17.5 Å². The fourth-order valence-corrected chi connectivity index (χ4v) is 5.15. The molecular formula is C26H28F4N2O3. The van der Waals surface area contributed by atoms with Crippen LogP contribution in [0, 0.1) is 11.2 Å². The summed E-state index contributed by atoms with van der Waals surface area (Å²) in [7, 11) is 0. The summed E-state index contributed by atoms with van der Waals surface area (Å²) in [6.07, 6.45) is 0.236. The normalized spacial score (nSPS) is 17.6. The quantitative estimate of drug-likeness (QED) is 0.432. The van der Waals surface area contributed by atoms with Crippen molar-refractivity contribution in [1.82, 2.24) is 4.90 Å². The lowest BCUT2D eigenvalue weighted by Crippen LogP contribution is -2.45. The Labute approximate surface area is 201 Å². The van der Waals surface area contributed by atoms with Crippen LogP contribution in [0.3, 0.4) is 0 Å². The molecule has 9 heteroatoms. The predicted octanol–water partition coefficient (Wildman–Crippen LogP) is 5.59. The standard InChI is InChI=1S/C26H28F4N2O3/c1-25(10-3-2-4-11-25)24(35)32-12-9-18-17(15-32)6-8-21(33)23(18)31-22(34)14-16-5-7-19(20(27)13-16)26(28,29)30/h5-8,13,33H,2-4,9-12,14-15H2,1H3,(H,31,34). The monoisotopic (exact) mass is 492 g/mol. The Morgan fingerprint density at radius 3 is 2.49 bits per heavy atom. The van der Waals surface area contributed by atoms with Crippen molar-refractivity contribution < 1.29 is 32.3 Å². The summed E-state index contributed by atoms with van der Waals surface area (Å²) in [5.74, 6) is -2.05. The second-order valence-electron chi connectivity index (χ2n) is 9.73. The number of anilines is 1. The van der Waals surface area contributed by atoms with Crippen LogP contribution in [-0.4, -0.2) is 28.4 Å². The van der Waals surface area contributed by atoms with Crippen molar-refractivity contribution in [3.05, 3.63) is 58.4 Å². The maximum atomic E-state index is 13.9. The highest BCUT2D eigenvalue weighted by Gasteiger charge is 2.39. The van der Waals surface area contributed by atoms with Gasteiger partial charge in [0.1, 0.15) is 11.6 Å². The molecule has 5 nitrogen and oxygen atoms in total. The Morgan fingerprint density at radius 2 is 1.83 bits per heavy atom. The first-order valence-electron chi connectivity index (χ1n) is 11.8. The van der Waals surface area contributed by atoms with Gasteiger partial charge in [0.05, 0.1) is 17.7 Å². The summed E-state index contributed by atoms with van der Waals surface area (Å²) in [6.45, 7) is 2.85. The van der Waals surface area contributed by atoms with Gasteiger partial charge in [0.25, 0.3) is 0 Å². The number of hydrogen-bond acceptors (Lipinski definition) is 3. The zero-order valence-corrected chi connectivity index (χ0v) is 19.5. The van der Waals surface area contributed by atoms with E-state index in [0.29, 0.717) is 31.6 Å². The fourth-order valence-electron chi connectivity index (χ4n) is 5.15. The van der Waals surface area contributed by atoms with E-state index >= 15 is 0 Å². The maximum absolute atomic E-state index is 13.9. The molecule has 4 rings (SSSR count). The molecule has 2 aromatic carbocycles. The van der Waals surface area contributed by atoms with Crippen LogP contribution in [0.5, 0.6) is 5.75 Å². The largest absolute Gasteiger partial charge is 0.506 e. The molecule has 0 radical (unpaired) electrons. The van der Waals surface area contributed by atoms with Crippen LogP contribution < -0.4 is 5.32 Å². The molecule has 0 spiro atoms. The van der Waals surface area contributed by atoms with E-state index in [4.69, 9.17) is 0 Å². The number of nitrogens with zero attached hydrogens (tertiary/aromatic N) is 1. The van der Waals surface area contributed by atoms with Gasteiger partial charge in [-0.3, -0.25) is 9.59 Å². The molecule has 0 bridgehead atoms. The van der Waals surface area contributed by atoms with Crippen LogP contribution in [0.4, 0.5) is 23.2 Å². The molecule has 2 N–H and O–H groups in total. The number of rotatable bonds is 4. The summed E-state index contributed by atoms with van der Waals surface area (Å²) in [5, 5.41) is 13.0. The lowest BCUT2D eigenvalue weighted by molar-refractivity contribution is -0.144. The number of aromatic hydroxyl groups is 1. The smallest absolute Gasteiger partial charge is 0.419 e. The number of carbonyl (C=O) groups is 2. The topological polar surface area (TPSA) is 69.6 Å². The number of carbonyl (C=O) groups excluding carboxylic acids is 2. The number of halogens is 4. The van der Waals surface area contributed by atoms with E-state index in [0.717, 1.165) is 49.3 Å². The summed E-state index contributed by atoms with van der Waals surface area (Å²) in [4.78, 5) is 27.7. The van der Waals surface area contributed by atoms with Gasteiger partial charge in [-0.25, -0.2) is 4.39 Å². The van der Waals surface area contributed by atoms with Crippen LogP contribution in [0.25, 0.3) is 0 Å². The zero-order chi connectivity index (χ0) is 25.4. The minimum atomic E-state index is -4.82. The van der Waals surface area contributed by atoms with E-state index in [1.54, 1.807) is 6.07 Å². The first-order valence-corrected chi connectivity index (χ1v) is 11.8. The minimum absolute atomic E-state index is 0.0785. The molecule has 1 aliphatic heterocycles. The van der Waals surface area contributed by atoms with Gasteiger partial charge in [-0.15, -0.1) is 0 Å². The Hall–Kier alpha value is -3.10. The molecule has 188 valence electrons. The van der Waals surface area contributed by atoms with Crippen molar-refractivity contribution in [3.63, 3.8) is 0 Å². The second-order valence-corrected chi connectivity index (χ2v) is 9.73. The molecule has 0 aromatic heterocycles. The minimum Gasteiger partial charge on any atom is -0.506 e. The van der Waals surface area contributed by atoms with Crippen molar-refractivity contribution in [1.29, 1.82) is 0 Å². The number of phenols is 1. The van der Waals surface area contributed by atoms with Gasteiger partial charge in [-0.05, 0) is 54.2 Å². The van der Waals surface area contributed by atoms with E-state index in [1.165, 1.54) is 6.07 Å². The van der Waals surface area contributed by atoms with E-state index in [9.17, 15) is 32.3 Å². The molecule has 1 saturated carbocycles. The summed E-state index contributed by atoms with van der Waals surface area (Å²) in [6, 6.07) is 5.54. The fraction of sp³-hybridized carbons (Fsp3) is 0.462. The lowest BCUT2D eigenvalue weighted by Gasteiger charge is -2.39. The van der Waals surface area contributed by atoms with Gasteiger partial charge in [-0.1, -0.05) is 38.3 Å². The van der Waals surface area contributed by atoms with Gasteiger partial charge in [0, 0.05) is 18.5 Å². The van der Waals surface area contributed by atoms with Gasteiger partial charge in [-0.2, -0.15) is 13.2 Å². The number of phenolic OH excluding ortho intramolecular Hbond substituents is 1. The van der Waals surface area contributed by atoms with E-state index in [-0.39, 0.29) is 34.7 Å². The number of nitrogens with one attached hydrogen (secondary N) is 1. The summed E-state index contributed by atoms with van der Waals surface area (Å²) < 4.78 is 52.2. The van der Waals surface area contributed by atoms with Gasteiger partial charge < -0.3 is 15.3 Å². The molecule has 1 aliphatic carbocycles. The molecule has 0 saturated heterocycles. The van der Waals surface area contributed by atoms with Crippen LogP contribution in [0.2, 0.25) is 0 Å². The number of alkyl halides is 3. The van der Waals surface area contributed by atoms with Crippen molar-refractivity contribution in [2.45, 2.75) is 64.6 Å². The third-order valence-electron chi connectivity index (χ3n) is 7.11. The van der Waals surface area contributed by atoms with Gasteiger partial charge in [0.2, 0.25) is 11.8 Å². The highest BCUT2D eigenvalue weighted by atomic mass is 19.4. The molecule has 1 fully saturated rings. The molecule has 0 atom stereocenters. The second kappa shape index (κ2) is 9.51. The molecule has 35 heavy (non-hydrogen) atoms. The number of benzene rings is 2. The summed E-state index contributed by atoms with van der Waals surface area (Å²) in [5.41, 5.74) is 0.0800. The van der Waals surface area contributed by atoms with E-state index in [1.807, 2.05) is 11.8 Å². The van der Waals surface area contributed by atoms with Crippen molar-refractivity contribution in [2.24, 2.45) is 5.41 Å². The zero-order valence-electron chi connectivity index (χ0n) is 19.5. The van der Waals surface area contributed by atoms with Crippen LogP contribution in [0.15, 0.2) is 30.3 Å². The molecule has 0 unspecified atom stereocenters. The lowest BCUT2D eigenvalue weighted by atomic mass is 9.74. The highest BCUT2D eigenvalue weighted by molar-refractivity contribution is 5.95. The Bertz CT molecular complexity index is 1140. The SMILES string of the molecule is CC1(C(=O)N2CCc3c(ccc(O)c3NC(=O)Cc3ccc(C(F)(F)F)c(F)c3)C2)CCCCC1. The first-order chi connectivity index (χ1) is 16.5. The Morgan fingerprint density at radius 1 is 1.11 bits per heavy atom. The van der Waals surface area contributed by atoms with Gasteiger partial charge >= 0.3 is 6.18 Å². The van der Waals surface area contributed by atoms with Crippen LogP contribution in [-0.2, 0) is 35.2 Å². The third-order valence-corrected chi connectivity index (χ3v) is 7.11. The maximum Gasteiger partial charge on any atom is 0.419 e. The van der Waals surface area contributed by atoms with Crippen molar-refractivity contribution in [3.8, 4) is 5.75 Å². The summed E-state index contributed by atoms with van der Waals surface area (Å²) >= 11 is 0. The number of amides is 2. The average molecular weight is 493 g/mol. The Kier molecular flexibility index (Phi) is 6.79. The molecule has 2 amide bonds. The third kappa shape index (κ3) is 5.28. The van der Waals surface area contributed by atoms with Crippen LogP contribution >= 0.6 is 0 Å². The number of hydrogen-bond donors (Lipinski definition) is 2. The Balaban J connectivity index is 1.47. The van der Waals surface area contributed by atoms with Crippen LogP contribution in [0.1, 0.15) is 61.3 Å². The molecule has 2 aliphatic rings. The molecule has 2 aromatic rings. The average Bonchev–Trinajstić information content (AvgIpc) is 2.80.